The highest BCUT2D eigenvalue weighted by Crippen LogP contribution is 2.61. The van der Waals surface area contributed by atoms with Crippen LogP contribution in [0.4, 0.5) is 22.0 Å². The Balaban J connectivity index is 2.07. The maximum Gasteiger partial charge on any atom is 0.586 e. The molecule has 1 aliphatic carbocycles. The van der Waals surface area contributed by atoms with E-state index in [4.69, 9.17) is 5.11 Å². The smallest absolute Gasteiger partial charge is 0.478 e. The third kappa shape index (κ3) is 2.26. The summed E-state index contributed by atoms with van der Waals surface area (Å²) in [5.41, 5.74) is -0.883. The average molecular weight is 310 g/mol. The Morgan fingerprint density at radius 2 is 1.95 bits per heavy atom. The molecule has 1 heterocycles. The van der Waals surface area contributed by atoms with E-state index in [9.17, 15) is 26.7 Å². The second-order valence-electron chi connectivity index (χ2n) is 4.82. The third-order valence-corrected chi connectivity index (χ3v) is 3.42. The van der Waals surface area contributed by atoms with Crippen LogP contribution in [0.25, 0.3) is 0 Å². The number of fused-ring (bicyclic) bond motifs is 1. The van der Waals surface area contributed by atoms with Gasteiger partial charge in [-0.05, 0) is 18.6 Å². The first-order chi connectivity index (χ1) is 9.60. The van der Waals surface area contributed by atoms with Crippen LogP contribution in [-0.4, -0.2) is 23.5 Å². The van der Waals surface area contributed by atoms with Crippen LogP contribution in [0.3, 0.4) is 0 Å². The van der Waals surface area contributed by atoms with Crippen molar-refractivity contribution in [2.45, 2.75) is 24.8 Å². The van der Waals surface area contributed by atoms with Gasteiger partial charge < -0.3 is 14.6 Å². The normalized spacial score (nSPS) is 25.8. The summed E-state index contributed by atoms with van der Waals surface area (Å²) < 4.78 is 72.4. The van der Waals surface area contributed by atoms with Gasteiger partial charge in [-0.2, -0.15) is 13.2 Å². The lowest BCUT2D eigenvalue weighted by atomic mass is 10.00. The molecule has 3 rings (SSSR count). The summed E-state index contributed by atoms with van der Waals surface area (Å²) in [4.78, 5) is 11.1. The molecular weight excluding hydrogens is 303 g/mol. The molecule has 1 fully saturated rings. The van der Waals surface area contributed by atoms with Gasteiger partial charge in [-0.1, -0.05) is 0 Å². The van der Waals surface area contributed by atoms with Crippen molar-refractivity contribution in [2.75, 3.05) is 0 Å². The number of ether oxygens (including phenoxy) is 2. The first-order valence-corrected chi connectivity index (χ1v) is 5.83. The molecule has 1 aliphatic heterocycles. The van der Waals surface area contributed by atoms with Crippen molar-refractivity contribution in [3.63, 3.8) is 0 Å². The summed E-state index contributed by atoms with van der Waals surface area (Å²) >= 11 is 0. The van der Waals surface area contributed by atoms with E-state index in [0.717, 1.165) is 12.1 Å². The maximum atomic E-state index is 13.1. The minimum atomic E-state index is -4.52. The summed E-state index contributed by atoms with van der Waals surface area (Å²) in [6.07, 6.45) is -8.91. The summed E-state index contributed by atoms with van der Waals surface area (Å²) in [6.45, 7) is 0. The predicted octanol–water partition coefficient (Wildman–Crippen LogP) is 3.37. The molecule has 1 aromatic rings. The zero-order valence-corrected chi connectivity index (χ0v) is 10.1. The molecule has 0 bridgehead atoms. The Morgan fingerprint density at radius 3 is 2.48 bits per heavy atom. The van der Waals surface area contributed by atoms with Crippen molar-refractivity contribution in [2.24, 2.45) is 5.92 Å². The number of carboxylic acid groups (broad SMARTS) is 1. The van der Waals surface area contributed by atoms with Gasteiger partial charge in [0.2, 0.25) is 0 Å². The van der Waals surface area contributed by atoms with E-state index in [1.807, 2.05) is 0 Å². The zero-order chi connectivity index (χ0) is 15.6. The van der Waals surface area contributed by atoms with Crippen molar-refractivity contribution in [1.29, 1.82) is 0 Å². The van der Waals surface area contributed by atoms with Crippen LogP contribution in [0.1, 0.15) is 28.3 Å². The van der Waals surface area contributed by atoms with Crippen LogP contribution in [0.15, 0.2) is 12.1 Å². The van der Waals surface area contributed by atoms with E-state index in [0.29, 0.717) is 0 Å². The highest BCUT2D eigenvalue weighted by molar-refractivity contribution is 5.91. The van der Waals surface area contributed by atoms with Crippen LogP contribution in [0, 0.1) is 5.92 Å². The topological polar surface area (TPSA) is 55.8 Å². The summed E-state index contributed by atoms with van der Waals surface area (Å²) in [5, 5.41) is 9.03. The van der Waals surface area contributed by atoms with Crippen LogP contribution in [0.5, 0.6) is 11.5 Å². The van der Waals surface area contributed by atoms with Crippen LogP contribution >= 0.6 is 0 Å². The molecule has 114 valence electrons. The molecule has 9 heteroatoms. The van der Waals surface area contributed by atoms with Crippen molar-refractivity contribution >= 4 is 5.97 Å². The Morgan fingerprint density at radius 1 is 1.29 bits per heavy atom. The van der Waals surface area contributed by atoms with Crippen molar-refractivity contribution in [3.8, 4) is 11.5 Å². The lowest BCUT2D eigenvalue weighted by Gasteiger charge is -2.11. The number of carboxylic acids is 1. The van der Waals surface area contributed by atoms with Crippen molar-refractivity contribution in [1.82, 2.24) is 0 Å². The number of hydrogen-bond acceptors (Lipinski definition) is 3. The summed E-state index contributed by atoms with van der Waals surface area (Å²) in [6, 6.07) is 1.88. The quantitative estimate of drug-likeness (QED) is 0.851. The minimum Gasteiger partial charge on any atom is -0.478 e. The molecule has 4 nitrogen and oxygen atoms in total. The number of halogens is 5. The monoisotopic (exact) mass is 310 g/mol. The van der Waals surface area contributed by atoms with Gasteiger partial charge in [-0.15, -0.1) is 8.78 Å². The van der Waals surface area contributed by atoms with Crippen LogP contribution in [0.2, 0.25) is 0 Å². The maximum absolute atomic E-state index is 13.1. The Bertz CT molecular complexity index is 625. The average Bonchev–Trinajstić information content (AvgIpc) is 3.03. The number of carbonyl (C=O) groups is 1. The fraction of sp³-hybridized carbons (Fsp3) is 0.417. The number of alkyl halides is 5. The number of rotatable bonds is 2. The number of benzene rings is 1. The van der Waals surface area contributed by atoms with Crippen molar-refractivity contribution in [3.05, 3.63) is 23.3 Å². The third-order valence-electron chi connectivity index (χ3n) is 3.42. The standard InChI is InChI=1S/C12H7F5O4/c13-11(14,15)6-3-5(6)8-4(10(18)19)1-2-7-9(8)21-12(16,17)20-7/h1-2,5-6H,3H2,(H,18,19)/t5-,6-/m1/s1. The molecule has 0 aromatic heterocycles. The summed E-state index contributed by atoms with van der Waals surface area (Å²) in [7, 11) is 0. The molecule has 0 unspecified atom stereocenters. The molecule has 21 heavy (non-hydrogen) atoms. The van der Waals surface area contributed by atoms with E-state index in [1.165, 1.54) is 0 Å². The van der Waals surface area contributed by atoms with E-state index in [-0.39, 0.29) is 12.0 Å². The first kappa shape index (κ1) is 13.9. The predicted molar refractivity (Wildman–Crippen MR) is 56.5 cm³/mol. The largest absolute Gasteiger partial charge is 0.586 e. The lowest BCUT2D eigenvalue weighted by Crippen LogP contribution is -2.26. The molecule has 0 amide bonds. The zero-order valence-electron chi connectivity index (χ0n) is 10.1. The van der Waals surface area contributed by atoms with E-state index in [2.05, 4.69) is 9.47 Å². The Hall–Kier alpha value is -2.06. The molecular formula is C12H7F5O4. The molecule has 0 spiro atoms. The second-order valence-corrected chi connectivity index (χ2v) is 4.82. The first-order valence-electron chi connectivity index (χ1n) is 5.83. The molecule has 0 radical (unpaired) electrons. The SMILES string of the molecule is O=C(O)c1ccc2c(c1[C@@H]1C[C@H]1C(F)(F)F)OC(F)(F)O2. The van der Waals surface area contributed by atoms with E-state index in [1.54, 1.807) is 0 Å². The van der Waals surface area contributed by atoms with Gasteiger partial charge in [-0.3, -0.25) is 0 Å². The van der Waals surface area contributed by atoms with Gasteiger partial charge in [0.05, 0.1) is 11.5 Å². The summed E-state index contributed by atoms with van der Waals surface area (Å²) in [5.74, 6) is -5.59. The van der Waals surface area contributed by atoms with Crippen LogP contribution < -0.4 is 9.47 Å². The second kappa shape index (κ2) is 3.99. The molecule has 2 atom stereocenters. The Kier molecular flexibility index (Phi) is 2.64. The van der Waals surface area contributed by atoms with Crippen molar-refractivity contribution < 1.29 is 41.3 Å². The Labute approximate surface area is 114 Å². The minimum absolute atomic E-state index is 0.366. The molecule has 1 N–H and O–H groups in total. The fourth-order valence-corrected chi connectivity index (χ4v) is 2.46. The molecule has 1 saturated carbocycles. The lowest BCUT2D eigenvalue weighted by molar-refractivity contribution is -0.287. The molecule has 0 saturated heterocycles. The molecule has 2 aliphatic rings. The van der Waals surface area contributed by atoms with E-state index < -0.39 is 47.3 Å². The molecule has 1 aromatic carbocycles. The van der Waals surface area contributed by atoms with Gasteiger partial charge in [0.1, 0.15) is 0 Å². The van der Waals surface area contributed by atoms with Gasteiger partial charge in [0, 0.05) is 11.5 Å². The van der Waals surface area contributed by atoms with E-state index >= 15 is 0 Å². The van der Waals surface area contributed by atoms with Gasteiger partial charge in [0.25, 0.3) is 0 Å². The number of hydrogen-bond donors (Lipinski definition) is 1. The van der Waals surface area contributed by atoms with Gasteiger partial charge in [-0.25, -0.2) is 4.79 Å². The fourth-order valence-electron chi connectivity index (χ4n) is 2.46. The van der Waals surface area contributed by atoms with Crippen LogP contribution in [-0.2, 0) is 0 Å². The highest BCUT2D eigenvalue weighted by Gasteiger charge is 2.59. The number of aromatic carboxylic acids is 1. The van der Waals surface area contributed by atoms with Gasteiger partial charge in [0.15, 0.2) is 11.5 Å². The highest BCUT2D eigenvalue weighted by atomic mass is 19.4. The van der Waals surface area contributed by atoms with Gasteiger partial charge >= 0.3 is 18.4 Å².